The second kappa shape index (κ2) is 7.20. The average molecular weight is 351 g/mol. The largest absolute Gasteiger partial charge is 0.497 e. The Balaban J connectivity index is 3.19. The van der Waals surface area contributed by atoms with E-state index in [0.29, 0.717) is 10.2 Å². The molecule has 0 aliphatic carbocycles. The highest BCUT2D eigenvalue weighted by Gasteiger charge is 2.36. The molecule has 0 amide bonds. The first-order chi connectivity index (χ1) is 8.98. The second-order valence-corrected chi connectivity index (χ2v) is 6.26. The van der Waals surface area contributed by atoms with Crippen LogP contribution in [0.2, 0.25) is 0 Å². The van der Waals surface area contributed by atoms with Gasteiger partial charge in [0.1, 0.15) is 5.75 Å². The molecule has 0 N–H and O–H groups in total. The van der Waals surface area contributed by atoms with Crippen LogP contribution in [0.15, 0.2) is 22.7 Å². The Kier molecular flexibility index (Phi) is 6.20. The van der Waals surface area contributed by atoms with Crippen molar-refractivity contribution < 1.29 is 23.1 Å². The van der Waals surface area contributed by atoms with E-state index in [0.717, 1.165) is 0 Å². The molecule has 5 nitrogen and oxygen atoms in total. The summed E-state index contributed by atoms with van der Waals surface area (Å²) in [5.74, 6) is 0.492. The predicted molar refractivity (Wildman–Crippen MR) is 75.9 cm³/mol. The normalized spacial score (nSPS) is 11.4. The number of methoxy groups -OCH3 is 1. The number of hydrogen-bond donors (Lipinski definition) is 0. The number of carbonyl (C=O) groups excluding carboxylic acids is 1. The molecule has 0 unspecified atom stereocenters. The third-order valence-electron chi connectivity index (χ3n) is 2.25. The minimum absolute atomic E-state index is 0.130. The third-order valence-corrected chi connectivity index (χ3v) is 4.88. The molecule has 1 aromatic rings. The van der Waals surface area contributed by atoms with Crippen LogP contribution in [-0.4, -0.2) is 25.8 Å². The van der Waals surface area contributed by atoms with Crippen molar-refractivity contribution in [1.82, 2.24) is 0 Å². The number of benzene rings is 1. The summed E-state index contributed by atoms with van der Waals surface area (Å²) >= 11 is 3.25. The SMILES string of the molecule is CCOP(=O)(OCC)C(=O)c1cc(OC)ccc1Br. The molecule has 106 valence electrons. The van der Waals surface area contributed by atoms with E-state index in [1.807, 2.05) is 0 Å². The molecule has 1 aromatic carbocycles. The maximum Gasteiger partial charge on any atom is 0.401 e. The van der Waals surface area contributed by atoms with Crippen LogP contribution in [0.25, 0.3) is 0 Å². The van der Waals surface area contributed by atoms with Gasteiger partial charge < -0.3 is 13.8 Å². The van der Waals surface area contributed by atoms with Crippen LogP contribution in [0.4, 0.5) is 0 Å². The maximum absolute atomic E-state index is 12.4. The van der Waals surface area contributed by atoms with E-state index in [2.05, 4.69) is 15.9 Å². The van der Waals surface area contributed by atoms with Crippen molar-refractivity contribution in [3.63, 3.8) is 0 Å². The first-order valence-corrected chi connectivity index (χ1v) is 8.09. The molecule has 0 radical (unpaired) electrons. The third kappa shape index (κ3) is 3.89. The molecule has 0 saturated heterocycles. The molecule has 0 heterocycles. The zero-order chi connectivity index (χ0) is 14.5. The summed E-state index contributed by atoms with van der Waals surface area (Å²) < 4.78 is 28.0. The average Bonchev–Trinajstić information content (AvgIpc) is 2.39. The smallest absolute Gasteiger partial charge is 0.401 e. The zero-order valence-corrected chi connectivity index (χ0v) is 13.5. The highest BCUT2D eigenvalue weighted by molar-refractivity contribution is 9.10. The van der Waals surface area contributed by atoms with E-state index < -0.39 is 13.1 Å². The van der Waals surface area contributed by atoms with Gasteiger partial charge in [0.05, 0.1) is 20.3 Å². The number of hydrogen-bond acceptors (Lipinski definition) is 5. The van der Waals surface area contributed by atoms with Crippen molar-refractivity contribution in [1.29, 1.82) is 0 Å². The number of carbonyl (C=O) groups is 1. The van der Waals surface area contributed by atoms with Crippen LogP contribution in [-0.2, 0) is 13.6 Å². The van der Waals surface area contributed by atoms with Gasteiger partial charge in [-0.25, -0.2) is 0 Å². The molecule has 0 aliphatic rings. The quantitative estimate of drug-likeness (QED) is 0.698. The molecule has 1 rings (SSSR count). The van der Waals surface area contributed by atoms with E-state index in [1.54, 1.807) is 26.0 Å². The molecule has 0 fully saturated rings. The van der Waals surface area contributed by atoms with Crippen LogP contribution in [0.5, 0.6) is 5.75 Å². The van der Waals surface area contributed by atoms with E-state index >= 15 is 0 Å². The Hall–Kier alpha value is -0.680. The van der Waals surface area contributed by atoms with Gasteiger partial charge in [-0.15, -0.1) is 0 Å². The maximum atomic E-state index is 12.4. The summed E-state index contributed by atoms with van der Waals surface area (Å²) in [7, 11) is -2.33. The minimum atomic E-state index is -3.81. The van der Waals surface area contributed by atoms with E-state index in [1.165, 1.54) is 13.2 Å². The first kappa shape index (κ1) is 16.4. The lowest BCUT2D eigenvalue weighted by atomic mass is 10.2. The van der Waals surface area contributed by atoms with E-state index in [-0.39, 0.29) is 18.8 Å². The van der Waals surface area contributed by atoms with Crippen molar-refractivity contribution in [2.75, 3.05) is 20.3 Å². The lowest BCUT2D eigenvalue weighted by Crippen LogP contribution is -2.08. The van der Waals surface area contributed by atoms with Crippen molar-refractivity contribution in [3.05, 3.63) is 28.2 Å². The zero-order valence-electron chi connectivity index (χ0n) is 11.0. The van der Waals surface area contributed by atoms with Gasteiger partial charge in [0.15, 0.2) is 0 Å². The van der Waals surface area contributed by atoms with Gasteiger partial charge in [0.25, 0.3) is 5.52 Å². The van der Waals surface area contributed by atoms with Gasteiger partial charge in [-0.2, -0.15) is 0 Å². The van der Waals surface area contributed by atoms with Gasteiger partial charge in [0.2, 0.25) is 0 Å². The fourth-order valence-electron chi connectivity index (χ4n) is 1.44. The van der Waals surface area contributed by atoms with Gasteiger partial charge in [-0.1, -0.05) is 15.9 Å². The molecule has 19 heavy (non-hydrogen) atoms. The van der Waals surface area contributed by atoms with Gasteiger partial charge in [-0.3, -0.25) is 9.36 Å². The van der Waals surface area contributed by atoms with Crippen LogP contribution in [0.1, 0.15) is 24.2 Å². The number of halogens is 1. The number of rotatable bonds is 7. The van der Waals surface area contributed by atoms with Gasteiger partial charge in [-0.05, 0) is 32.0 Å². The van der Waals surface area contributed by atoms with Crippen LogP contribution in [0, 0.1) is 0 Å². The molecule has 0 bridgehead atoms. The molecular formula is C12H16BrO5P. The molecule has 7 heteroatoms. The van der Waals surface area contributed by atoms with Gasteiger partial charge >= 0.3 is 7.60 Å². The van der Waals surface area contributed by atoms with Crippen LogP contribution in [0.3, 0.4) is 0 Å². The Morgan fingerprint density at radius 3 is 2.32 bits per heavy atom. The van der Waals surface area contributed by atoms with Crippen molar-refractivity contribution >= 4 is 29.1 Å². The summed E-state index contributed by atoms with van der Waals surface area (Å²) in [5, 5.41) is 0. The van der Waals surface area contributed by atoms with E-state index in [9.17, 15) is 9.36 Å². The van der Waals surface area contributed by atoms with Crippen molar-refractivity contribution in [2.45, 2.75) is 13.8 Å². The van der Waals surface area contributed by atoms with Gasteiger partial charge in [0, 0.05) is 10.0 Å². The van der Waals surface area contributed by atoms with Crippen LogP contribution < -0.4 is 4.74 Å². The predicted octanol–water partition coefficient (Wildman–Crippen LogP) is 3.86. The molecule has 0 spiro atoms. The second-order valence-electron chi connectivity index (χ2n) is 3.48. The lowest BCUT2D eigenvalue weighted by molar-refractivity contribution is 0.1000. The fourth-order valence-corrected chi connectivity index (χ4v) is 3.49. The fraction of sp³-hybridized carbons (Fsp3) is 0.417. The summed E-state index contributed by atoms with van der Waals surface area (Å²) in [6.07, 6.45) is 0. The molecular weight excluding hydrogens is 335 g/mol. The number of ether oxygens (including phenoxy) is 1. The molecule has 0 aliphatic heterocycles. The van der Waals surface area contributed by atoms with Crippen LogP contribution >= 0.6 is 23.5 Å². The Bertz CT molecular complexity index is 493. The standard InChI is InChI=1S/C12H16BrO5P/c1-4-17-19(15,18-5-2)12(14)10-8-9(16-3)6-7-11(10)13/h6-8H,4-5H2,1-3H3. The van der Waals surface area contributed by atoms with E-state index in [4.69, 9.17) is 13.8 Å². The highest BCUT2D eigenvalue weighted by Crippen LogP contribution is 2.52. The molecule has 0 saturated carbocycles. The van der Waals surface area contributed by atoms with Crippen molar-refractivity contribution in [2.24, 2.45) is 0 Å². The summed E-state index contributed by atoms with van der Waals surface area (Å²) in [5.41, 5.74) is -0.466. The topological polar surface area (TPSA) is 61.8 Å². The first-order valence-electron chi connectivity index (χ1n) is 5.76. The Morgan fingerprint density at radius 1 is 1.26 bits per heavy atom. The highest BCUT2D eigenvalue weighted by atomic mass is 79.9. The summed E-state index contributed by atoms with van der Waals surface area (Å²) in [6, 6.07) is 4.83. The molecule has 0 atom stereocenters. The monoisotopic (exact) mass is 350 g/mol. The molecule has 0 aromatic heterocycles. The minimum Gasteiger partial charge on any atom is -0.497 e. The Labute approximate surface area is 120 Å². The van der Waals surface area contributed by atoms with Crippen molar-refractivity contribution in [3.8, 4) is 5.75 Å². The summed E-state index contributed by atoms with van der Waals surface area (Å²) in [6.45, 7) is 3.56. The summed E-state index contributed by atoms with van der Waals surface area (Å²) in [4.78, 5) is 12.3. The lowest BCUT2D eigenvalue weighted by Gasteiger charge is -2.16. The Morgan fingerprint density at radius 2 is 1.84 bits per heavy atom.